The highest BCUT2D eigenvalue weighted by atomic mass is 79.9. The number of nitrogens with zero attached hydrogens (tertiary/aromatic N) is 4. The maximum atomic E-state index is 13.7. The molecule has 0 aliphatic heterocycles. The molecular weight excluding hydrogens is 627 g/mol. The molecule has 0 aliphatic carbocycles. The highest BCUT2D eigenvalue weighted by Crippen LogP contribution is 2.33. The maximum Gasteiger partial charge on any atom is 0.282 e. The molecule has 10 heteroatoms. The van der Waals surface area contributed by atoms with Crippen LogP contribution in [0.4, 0.5) is 0 Å². The minimum atomic E-state index is -0.383. The molecule has 0 amide bonds. The molecule has 6 aromatic rings. The van der Waals surface area contributed by atoms with Crippen LogP contribution in [0.25, 0.3) is 33.5 Å². The van der Waals surface area contributed by atoms with Gasteiger partial charge in [0.1, 0.15) is 17.9 Å². The Bertz CT molecular complexity index is 2100. The third-order valence-corrected chi connectivity index (χ3v) is 7.35. The first-order valence-corrected chi connectivity index (χ1v) is 13.8. The largest absolute Gasteiger partial charge is 0.487 e. The minimum absolute atomic E-state index is 0.134. The number of aromatic nitrogens is 2. The highest BCUT2D eigenvalue weighted by Gasteiger charge is 2.17. The third-order valence-electron chi connectivity index (χ3n) is 6.31. The van der Waals surface area contributed by atoms with E-state index >= 15 is 0 Å². The molecule has 0 fully saturated rings. The predicted octanol–water partition coefficient (Wildman–Crippen LogP) is 8.21. The second-order valence-corrected chi connectivity index (χ2v) is 10.7. The van der Waals surface area contributed by atoms with Crippen LogP contribution in [0.5, 0.6) is 5.75 Å². The van der Waals surface area contributed by atoms with E-state index in [1.807, 2.05) is 18.2 Å². The second-order valence-electron chi connectivity index (χ2n) is 8.97. The third kappa shape index (κ3) is 5.35. The van der Waals surface area contributed by atoms with Crippen molar-refractivity contribution >= 4 is 67.2 Å². The zero-order valence-electron chi connectivity index (χ0n) is 21.0. The lowest BCUT2D eigenvalue weighted by Crippen LogP contribution is -2.20. The van der Waals surface area contributed by atoms with E-state index in [0.717, 1.165) is 10.9 Å². The number of furan rings is 1. The molecule has 4 aromatic carbocycles. The Morgan fingerprint density at radius 1 is 1.02 bits per heavy atom. The molecule has 0 spiro atoms. The van der Waals surface area contributed by atoms with Crippen molar-refractivity contribution < 1.29 is 9.15 Å². The SMILES string of the molecule is N#Cc1ccccc1COc1c(Br)cc(Cl)cc1C=Nn1c(-c2cc3cc(Cl)ccc3o2)nc2ccccc2c1=O. The average Bonchev–Trinajstić information content (AvgIpc) is 3.39. The fraction of sp³-hybridized carbons (Fsp3) is 0.0323. The Morgan fingerprint density at radius 3 is 2.68 bits per heavy atom. The van der Waals surface area contributed by atoms with Crippen molar-refractivity contribution in [3.63, 3.8) is 0 Å². The van der Waals surface area contributed by atoms with Gasteiger partial charge in [0.15, 0.2) is 5.76 Å². The van der Waals surface area contributed by atoms with Crippen LogP contribution in [-0.2, 0) is 6.61 Å². The fourth-order valence-electron chi connectivity index (χ4n) is 4.37. The Labute approximate surface area is 252 Å². The number of rotatable bonds is 6. The van der Waals surface area contributed by atoms with Gasteiger partial charge in [0.05, 0.1) is 33.2 Å². The van der Waals surface area contributed by atoms with Crippen LogP contribution >= 0.6 is 39.1 Å². The minimum Gasteiger partial charge on any atom is -0.487 e. The zero-order valence-corrected chi connectivity index (χ0v) is 24.1. The van der Waals surface area contributed by atoms with Gasteiger partial charge in [-0.25, -0.2) is 4.98 Å². The Kier molecular flexibility index (Phi) is 7.33. The van der Waals surface area contributed by atoms with E-state index in [1.165, 1.54) is 10.9 Å². The summed E-state index contributed by atoms with van der Waals surface area (Å²) in [7, 11) is 0. The Hall–Kier alpha value is -4.42. The van der Waals surface area contributed by atoms with Crippen LogP contribution in [0, 0.1) is 11.3 Å². The van der Waals surface area contributed by atoms with Crippen LogP contribution in [0.2, 0.25) is 10.0 Å². The normalized spacial score (nSPS) is 11.4. The van der Waals surface area contributed by atoms with Gasteiger partial charge in [0, 0.05) is 26.6 Å². The van der Waals surface area contributed by atoms with Crippen LogP contribution in [0.15, 0.2) is 104 Å². The summed E-state index contributed by atoms with van der Waals surface area (Å²) in [6.45, 7) is 0.134. The number of nitriles is 1. The molecule has 41 heavy (non-hydrogen) atoms. The summed E-state index contributed by atoms with van der Waals surface area (Å²) in [6.07, 6.45) is 1.48. The molecule has 200 valence electrons. The summed E-state index contributed by atoms with van der Waals surface area (Å²) in [4.78, 5) is 18.4. The van der Waals surface area contributed by atoms with E-state index in [-0.39, 0.29) is 18.0 Å². The average molecular weight is 644 g/mol. The van der Waals surface area contributed by atoms with E-state index < -0.39 is 0 Å². The molecule has 0 unspecified atom stereocenters. The Morgan fingerprint density at radius 2 is 1.83 bits per heavy atom. The molecule has 7 nitrogen and oxygen atoms in total. The lowest BCUT2D eigenvalue weighted by Gasteiger charge is -2.13. The number of hydrogen-bond acceptors (Lipinski definition) is 6. The summed E-state index contributed by atoms with van der Waals surface area (Å²) in [5.41, 5.74) is 2.45. The summed E-state index contributed by atoms with van der Waals surface area (Å²) in [6, 6.07) is 26.8. The van der Waals surface area contributed by atoms with E-state index in [9.17, 15) is 10.1 Å². The van der Waals surface area contributed by atoms with Gasteiger partial charge in [0.2, 0.25) is 5.82 Å². The molecule has 0 bridgehead atoms. The molecular formula is C31H17BrCl2N4O3. The molecule has 2 aromatic heterocycles. The molecule has 0 saturated carbocycles. The van der Waals surface area contributed by atoms with Crippen molar-refractivity contribution in [2.75, 3.05) is 0 Å². The topological polar surface area (TPSA) is 93.4 Å². The Balaban J connectivity index is 1.47. The van der Waals surface area contributed by atoms with Crippen molar-refractivity contribution in [1.29, 1.82) is 5.26 Å². The molecule has 0 radical (unpaired) electrons. The number of para-hydroxylation sites is 1. The number of halogens is 3. The molecule has 0 saturated heterocycles. The number of hydrogen-bond donors (Lipinski definition) is 0. The number of fused-ring (bicyclic) bond motifs is 2. The van der Waals surface area contributed by atoms with Crippen molar-refractivity contribution in [2.45, 2.75) is 6.61 Å². The van der Waals surface area contributed by atoms with Crippen molar-refractivity contribution in [3.05, 3.63) is 126 Å². The van der Waals surface area contributed by atoms with Gasteiger partial charge >= 0.3 is 0 Å². The standard InChI is InChI=1S/C31H17BrCl2N4O3/c32-25-14-23(34)12-21(29(25)40-17-19-6-2-1-5-18(19)15-35)16-36-38-30(37-26-8-4-3-7-24(26)31(38)39)28-13-20-11-22(33)9-10-27(20)41-28/h1-14,16H,17H2. The highest BCUT2D eigenvalue weighted by molar-refractivity contribution is 9.10. The molecule has 0 aliphatic rings. The predicted molar refractivity (Wildman–Crippen MR) is 164 cm³/mol. The quantitative estimate of drug-likeness (QED) is 0.171. The van der Waals surface area contributed by atoms with Gasteiger partial charge in [0.25, 0.3) is 5.56 Å². The van der Waals surface area contributed by atoms with Gasteiger partial charge < -0.3 is 9.15 Å². The second kappa shape index (κ2) is 11.2. The van der Waals surface area contributed by atoms with Gasteiger partial charge in [-0.15, -0.1) is 0 Å². The fourth-order valence-corrected chi connectivity index (χ4v) is 5.50. The van der Waals surface area contributed by atoms with E-state index in [2.05, 4.69) is 27.1 Å². The summed E-state index contributed by atoms with van der Waals surface area (Å²) >= 11 is 16.1. The van der Waals surface area contributed by atoms with Crippen LogP contribution in [0.1, 0.15) is 16.7 Å². The first kappa shape index (κ1) is 26.8. The summed E-state index contributed by atoms with van der Waals surface area (Å²) in [5, 5.41) is 16.1. The monoisotopic (exact) mass is 642 g/mol. The first-order chi connectivity index (χ1) is 19.9. The van der Waals surface area contributed by atoms with Crippen molar-refractivity contribution in [2.24, 2.45) is 5.10 Å². The van der Waals surface area contributed by atoms with Crippen LogP contribution in [0.3, 0.4) is 0 Å². The number of benzene rings is 4. The van der Waals surface area contributed by atoms with Gasteiger partial charge in [-0.3, -0.25) is 4.79 Å². The molecule has 0 atom stereocenters. The van der Waals surface area contributed by atoms with E-state index in [4.69, 9.17) is 37.3 Å². The summed E-state index contributed by atoms with van der Waals surface area (Å²) in [5.74, 6) is 0.996. The molecule has 2 heterocycles. The van der Waals surface area contributed by atoms with Gasteiger partial charge in [-0.1, -0.05) is 53.5 Å². The van der Waals surface area contributed by atoms with E-state index in [1.54, 1.807) is 66.7 Å². The van der Waals surface area contributed by atoms with Crippen LogP contribution in [-0.4, -0.2) is 15.9 Å². The molecule has 0 N–H and O–H groups in total. The van der Waals surface area contributed by atoms with Crippen LogP contribution < -0.4 is 10.3 Å². The molecule has 6 rings (SSSR count). The van der Waals surface area contributed by atoms with Crippen molar-refractivity contribution in [3.8, 4) is 23.4 Å². The first-order valence-electron chi connectivity index (χ1n) is 12.3. The lowest BCUT2D eigenvalue weighted by atomic mass is 10.1. The maximum absolute atomic E-state index is 13.7. The lowest BCUT2D eigenvalue weighted by molar-refractivity contribution is 0.303. The zero-order chi connectivity index (χ0) is 28.5. The van der Waals surface area contributed by atoms with Gasteiger partial charge in [-0.05, 0) is 70.5 Å². The van der Waals surface area contributed by atoms with Gasteiger partial charge in [-0.2, -0.15) is 15.0 Å². The number of ether oxygens (including phenoxy) is 1. The smallest absolute Gasteiger partial charge is 0.282 e. The summed E-state index contributed by atoms with van der Waals surface area (Å²) < 4.78 is 13.9. The van der Waals surface area contributed by atoms with Crippen molar-refractivity contribution in [1.82, 2.24) is 9.66 Å². The van der Waals surface area contributed by atoms with E-state index in [0.29, 0.717) is 53.6 Å².